The van der Waals surface area contributed by atoms with Gasteiger partial charge in [-0.2, -0.15) is 0 Å². The van der Waals surface area contributed by atoms with Gasteiger partial charge in [-0.1, -0.05) is 0 Å². The van der Waals surface area contributed by atoms with Crippen LogP contribution in [0.1, 0.15) is 25.9 Å². The van der Waals surface area contributed by atoms with Gasteiger partial charge in [0.1, 0.15) is 11.4 Å². The van der Waals surface area contributed by atoms with Crippen molar-refractivity contribution in [2.75, 3.05) is 26.0 Å². The van der Waals surface area contributed by atoms with Crippen molar-refractivity contribution < 1.29 is 14.3 Å². The number of thiazole rings is 1. The van der Waals surface area contributed by atoms with Crippen LogP contribution < -0.4 is 21.1 Å². The van der Waals surface area contributed by atoms with Crippen LogP contribution in [0.25, 0.3) is 0 Å². The maximum absolute atomic E-state index is 12.3. The molecule has 0 fully saturated rings. The first-order chi connectivity index (χ1) is 11.1. The van der Waals surface area contributed by atoms with E-state index in [2.05, 4.69) is 15.6 Å². The van der Waals surface area contributed by atoms with Crippen molar-refractivity contribution in [1.82, 2.24) is 10.3 Å². The van der Waals surface area contributed by atoms with E-state index >= 15 is 0 Å². The predicted molar refractivity (Wildman–Crippen MR) is 96.5 cm³/mol. The number of anilines is 1. The van der Waals surface area contributed by atoms with Crippen molar-refractivity contribution in [3.05, 3.63) is 39.8 Å². The fourth-order valence-electron chi connectivity index (χ4n) is 1.93. The first kappa shape index (κ1) is 19.9. The number of methoxy groups -OCH3 is 1. The van der Waals surface area contributed by atoms with Gasteiger partial charge in [-0.25, -0.2) is 4.98 Å². The van der Waals surface area contributed by atoms with E-state index in [1.165, 1.54) is 18.4 Å². The Morgan fingerprint density at radius 1 is 1.33 bits per heavy atom. The van der Waals surface area contributed by atoms with Gasteiger partial charge in [-0.15, -0.1) is 23.7 Å². The minimum atomic E-state index is -0.364. The highest BCUT2D eigenvalue weighted by atomic mass is 35.5. The Balaban J connectivity index is 0.00000288. The molecule has 9 heteroatoms. The molecule has 0 radical (unpaired) electrons. The number of carbonyl (C=O) groups excluding carboxylic acids is 2. The molecule has 0 aliphatic rings. The van der Waals surface area contributed by atoms with Crippen LogP contribution in [0.15, 0.2) is 23.6 Å². The summed E-state index contributed by atoms with van der Waals surface area (Å²) in [5.74, 6) is -0.151. The van der Waals surface area contributed by atoms with Gasteiger partial charge < -0.3 is 21.1 Å². The summed E-state index contributed by atoms with van der Waals surface area (Å²) in [5.41, 5.74) is 6.62. The molecule has 1 aromatic carbocycles. The summed E-state index contributed by atoms with van der Waals surface area (Å²) in [4.78, 5) is 28.2. The van der Waals surface area contributed by atoms with Crippen molar-refractivity contribution in [2.24, 2.45) is 5.73 Å². The smallest absolute Gasteiger partial charge is 0.275 e. The molecule has 1 heterocycles. The summed E-state index contributed by atoms with van der Waals surface area (Å²) in [5, 5.41) is 7.74. The molecule has 2 amide bonds. The van der Waals surface area contributed by atoms with Crippen molar-refractivity contribution in [1.29, 1.82) is 0 Å². The van der Waals surface area contributed by atoms with Crippen LogP contribution in [-0.2, 0) is 6.42 Å². The van der Waals surface area contributed by atoms with E-state index in [0.29, 0.717) is 35.7 Å². The maximum Gasteiger partial charge on any atom is 0.275 e. The Labute approximate surface area is 150 Å². The zero-order valence-electron chi connectivity index (χ0n) is 13.3. The summed E-state index contributed by atoms with van der Waals surface area (Å²) in [6.45, 7) is 0.483. The van der Waals surface area contributed by atoms with E-state index in [0.717, 1.165) is 5.01 Å². The Kier molecular flexibility index (Phi) is 7.63. The van der Waals surface area contributed by atoms with Crippen LogP contribution in [0.4, 0.5) is 5.69 Å². The standard InChI is InChI=1S/C15H18N4O3S.ClH/c1-17-14(20)9-3-4-12(22-2)10(7-9)19-15(21)11-8-23-13(18-11)5-6-16;/h3-4,7-8H,5-6,16H2,1-2H3,(H,17,20)(H,19,21);1H. The SMILES string of the molecule is CNC(=O)c1ccc(OC)c(NC(=O)c2csc(CCN)n2)c1.Cl. The first-order valence-corrected chi connectivity index (χ1v) is 7.83. The average Bonchev–Trinajstić information content (AvgIpc) is 3.03. The van der Waals surface area contributed by atoms with E-state index in [4.69, 9.17) is 10.5 Å². The topological polar surface area (TPSA) is 106 Å². The van der Waals surface area contributed by atoms with E-state index in [-0.39, 0.29) is 24.2 Å². The van der Waals surface area contributed by atoms with Crippen LogP contribution in [0.3, 0.4) is 0 Å². The fraction of sp³-hybridized carbons (Fsp3) is 0.267. The fourth-order valence-corrected chi connectivity index (χ4v) is 2.73. The van der Waals surface area contributed by atoms with Crippen molar-refractivity contribution in [3.63, 3.8) is 0 Å². The number of carbonyl (C=O) groups is 2. The number of hydrogen-bond donors (Lipinski definition) is 3. The van der Waals surface area contributed by atoms with Gasteiger partial charge in [-0.3, -0.25) is 9.59 Å². The average molecular weight is 371 g/mol. The number of aromatic nitrogens is 1. The molecule has 7 nitrogen and oxygen atoms in total. The molecule has 4 N–H and O–H groups in total. The summed E-state index contributed by atoms with van der Waals surface area (Å²) in [6.07, 6.45) is 0.632. The Morgan fingerprint density at radius 3 is 2.71 bits per heavy atom. The number of nitrogens with two attached hydrogens (primary N) is 1. The maximum atomic E-state index is 12.3. The van der Waals surface area contributed by atoms with Gasteiger partial charge in [0.15, 0.2) is 0 Å². The molecule has 0 saturated heterocycles. The Hall–Kier alpha value is -2.16. The Bertz CT molecular complexity index is 720. The lowest BCUT2D eigenvalue weighted by Gasteiger charge is -2.11. The predicted octanol–water partition coefficient (Wildman–Crippen LogP) is 1.69. The van der Waals surface area contributed by atoms with Gasteiger partial charge in [0.05, 0.1) is 17.8 Å². The molecule has 0 aliphatic heterocycles. The van der Waals surface area contributed by atoms with E-state index in [1.54, 1.807) is 30.6 Å². The van der Waals surface area contributed by atoms with Gasteiger partial charge in [-0.05, 0) is 24.7 Å². The second-order valence-corrected chi connectivity index (χ2v) is 5.56. The van der Waals surface area contributed by atoms with Gasteiger partial charge in [0.2, 0.25) is 0 Å². The van der Waals surface area contributed by atoms with Crippen LogP contribution in [0.2, 0.25) is 0 Å². The second kappa shape index (κ2) is 9.21. The summed E-state index contributed by atoms with van der Waals surface area (Å²) < 4.78 is 5.21. The minimum Gasteiger partial charge on any atom is -0.495 e. The normalized spacial score (nSPS) is 9.79. The number of nitrogens with one attached hydrogen (secondary N) is 2. The van der Waals surface area contributed by atoms with Gasteiger partial charge in [0, 0.05) is 24.4 Å². The number of amides is 2. The molecule has 0 aliphatic carbocycles. The second-order valence-electron chi connectivity index (χ2n) is 4.61. The molecule has 2 rings (SSSR count). The molecular formula is C15H19ClN4O3S. The Morgan fingerprint density at radius 2 is 2.08 bits per heavy atom. The molecule has 1 aromatic heterocycles. The third-order valence-electron chi connectivity index (χ3n) is 3.08. The van der Waals surface area contributed by atoms with Gasteiger partial charge in [0.25, 0.3) is 11.8 Å². The molecule has 0 spiro atoms. The van der Waals surface area contributed by atoms with Crippen LogP contribution in [-0.4, -0.2) is 37.5 Å². The third-order valence-corrected chi connectivity index (χ3v) is 3.99. The monoisotopic (exact) mass is 370 g/mol. The van der Waals surface area contributed by atoms with E-state index in [1.807, 2.05) is 0 Å². The van der Waals surface area contributed by atoms with Crippen molar-refractivity contribution in [2.45, 2.75) is 6.42 Å². The van der Waals surface area contributed by atoms with Crippen molar-refractivity contribution in [3.8, 4) is 5.75 Å². The molecular weight excluding hydrogens is 352 g/mol. The molecule has 130 valence electrons. The lowest BCUT2D eigenvalue weighted by atomic mass is 10.1. The minimum absolute atomic E-state index is 0. The molecule has 0 saturated carbocycles. The quantitative estimate of drug-likeness (QED) is 0.717. The lowest BCUT2D eigenvalue weighted by molar-refractivity contribution is 0.0961. The highest BCUT2D eigenvalue weighted by molar-refractivity contribution is 7.09. The summed E-state index contributed by atoms with van der Waals surface area (Å²) >= 11 is 1.39. The largest absolute Gasteiger partial charge is 0.495 e. The first-order valence-electron chi connectivity index (χ1n) is 6.95. The molecule has 0 unspecified atom stereocenters. The molecule has 24 heavy (non-hydrogen) atoms. The van der Waals surface area contributed by atoms with Gasteiger partial charge >= 0.3 is 0 Å². The number of benzene rings is 1. The zero-order valence-corrected chi connectivity index (χ0v) is 14.9. The summed E-state index contributed by atoms with van der Waals surface area (Å²) in [7, 11) is 3.03. The number of halogens is 1. The number of rotatable bonds is 6. The third kappa shape index (κ3) is 4.67. The highest BCUT2D eigenvalue weighted by Crippen LogP contribution is 2.26. The van der Waals surface area contributed by atoms with Crippen LogP contribution >= 0.6 is 23.7 Å². The molecule has 2 aromatic rings. The highest BCUT2D eigenvalue weighted by Gasteiger charge is 2.15. The number of nitrogens with zero attached hydrogens (tertiary/aromatic N) is 1. The van der Waals surface area contributed by atoms with E-state index in [9.17, 15) is 9.59 Å². The molecule has 0 bridgehead atoms. The zero-order chi connectivity index (χ0) is 16.8. The lowest BCUT2D eigenvalue weighted by Crippen LogP contribution is -2.19. The number of ether oxygens (including phenoxy) is 1. The number of hydrogen-bond acceptors (Lipinski definition) is 6. The van der Waals surface area contributed by atoms with Crippen LogP contribution in [0, 0.1) is 0 Å². The van der Waals surface area contributed by atoms with Crippen LogP contribution in [0.5, 0.6) is 5.75 Å². The summed E-state index contributed by atoms with van der Waals surface area (Å²) in [6, 6.07) is 4.80. The van der Waals surface area contributed by atoms with Crippen molar-refractivity contribution >= 4 is 41.2 Å². The molecule has 0 atom stereocenters. The van der Waals surface area contributed by atoms with E-state index < -0.39 is 0 Å².